The van der Waals surface area contributed by atoms with Gasteiger partial charge in [0.05, 0.1) is 29.6 Å². The zero-order valence-electron chi connectivity index (χ0n) is 10.7. The van der Waals surface area contributed by atoms with Gasteiger partial charge in [-0.2, -0.15) is 5.26 Å². The topological polar surface area (TPSA) is 67.2 Å². The Balaban J connectivity index is 2.20. The number of benzene rings is 1. The number of nitrogens with zero attached hydrogens (tertiary/aromatic N) is 1. The van der Waals surface area contributed by atoms with E-state index < -0.39 is 15.1 Å². The molecule has 1 aromatic carbocycles. The molecule has 102 valence electrons. The van der Waals surface area contributed by atoms with Crippen molar-refractivity contribution in [2.45, 2.75) is 30.6 Å². The lowest BCUT2D eigenvalue weighted by atomic mass is 10.1. The average Bonchev–Trinajstić information content (AvgIpc) is 2.89. The molecule has 0 aromatic heterocycles. The Morgan fingerprint density at radius 2 is 2.11 bits per heavy atom. The Kier molecular flexibility index (Phi) is 4.56. The molecule has 0 N–H and O–H groups in total. The summed E-state index contributed by atoms with van der Waals surface area (Å²) < 4.78 is 30.3. The number of rotatable bonds is 5. The summed E-state index contributed by atoms with van der Waals surface area (Å²) in [7, 11) is -3.37. The fraction of sp³-hybridized carbons (Fsp3) is 0.500. The summed E-state index contributed by atoms with van der Waals surface area (Å²) >= 11 is 0. The van der Waals surface area contributed by atoms with E-state index in [1.807, 2.05) is 12.1 Å². The van der Waals surface area contributed by atoms with Gasteiger partial charge in [-0.3, -0.25) is 0 Å². The molecule has 1 fully saturated rings. The quantitative estimate of drug-likeness (QED) is 0.829. The van der Waals surface area contributed by atoms with Gasteiger partial charge in [-0.1, -0.05) is 30.3 Å². The normalized spacial score (nSPS) is 20.9. The monoisotopic (exact) mass is 279 g/mol. The van der Waals surface area contributed by atoms with Gasteiger partial charge in [0.2, 0.25) is 0 Å². The first-order valence-corrected chi connectivity index (χ1v) is 8.10. The highest BCUT2D eigenvalue weighted by Gasteiger charge is 2.31. The van der Waals surface area contributed by atoms with Crippen molar-refractivity contribution < 1.29 is 13.2 Å². The van der Waals surface area contributed by atoms with Crippen LogP contribution in [0.1, 0.15) is 30.1 Å². The highest BCUT2D eigenvalue weighted by Crippen LogP contribution is 2.28. The van der Waals surface area contributed by atoms with Gasteiger partial charge < -0.3 is 4.74 Å². The van der Waals surface area contributed by atoms with E-state index in [0.29, 0.717) is 12.2 Å². The molecule has 0 aliphatic carbocycles. The van der Waals surface area contributed by atoms with Crippen molar-refractivity contribution in [3.8, 4) is 6.07 Å². The summed E-state index contributed by atoms with van der Waals surface area (Å²) in [5.41, 5.74) is 0.682. The van der Waals surface area contributed by atoms with Crippen LogP contribution in [0.5, 0.6) is 0 Å². The molecule has 2 unspecified atom stereocenters. The third-order valence-corrected chi connectivity index (χ3v) is 5.47. The molecule has 0 spiro atoms. The van der Waals surface area contributed by atoms with Crippen molar-refractivity contribution in [2.75, 3.05) is 12.4 Å². The fourth-order valence-electron chi connectivity index (χ4n) is 2.35. The number of ether oxygens (including phenoxy) is 1. The second-order valence-corrected chi connectivity index (χ2v) is 6.95. The summed E-state index contributed by atoms with van der Waals surface area (Å²) in [6.07, 6.45) is 1.47. The van der Waals surface area contributed by atoms with Crippen LogP contribution in [0.3, 0.4) is 0 Å². The van der Waals surface area contributed by atoms with Gasteiger partial charge in [0.1, 0.15) is 0 Å². The highest BCUT2D eigenvalue weighted by molar-refractivity contribution is 7.91. The van der Waals surface area contributed by atoms with Crippen LogP contribution in [0, 0.1) is 11.3 Å². The third kappa shape index (κ3) is 3.55. The van der Waals surface area contributed by atoms with E-state index in [2.05, 4.69) is 0 Å². The first-order valence-electron chi connectivity index (χ1n) is 6.38. The summed E-state index contributed by atoms with van der Waals surface area (Å²) in [6, 6.07) is 10.9. The molecule has 5 heteroatoms. The van der Waals surface area contributed by atoms with Gasteiger partial charge in [-0.25, -0.2) is 8.42 Å². The number of hydrogen-bond donors (Lipinski definition) is 0. The maximum absolute atomic E-state index is 12.4. The first kappa shape index (κ1) is 14.0. The SMILES string of the molecule is N#CCC(c1ccccc1)S(=O)(=O)CC1CCCO1. The van der Waals surface area contributed by atoms with E-state index in [-0.39, 0.29) is 18.3 Å². The van der Waals surface area contributed by atoms with Gasteiger partial charge in [0, 0.05) is 6.61 Å². The molecular formula is C14H17NO3S. The number of nitriles is 1. The predicted octanol–water partition coefficient (Wildman–Crippen LogP) is 2.24. The Morgan fingerprint density at radius 3 is 2.68 bits per heavy atom. The Labute approximate surface area is 113 Å². The maximum Gasteiger partial charge on any atom is 0.160 e. The van der Waals surface area contributed by atoms with Crippen molar-refractivity contribution in [2.24, 2.45) is 0 Å². The van der Waals surface area contributed by atoms with Gasteiger partial charge in [0.25, 0.3) is 0 Å². The Hall–Kier alpha value is -1.38. The van der Waals surface area contributed by atoms with Crippen molar-refractivity contribution in [3.63, 3.8) is 0 Å². The maximum atomic E-state index is 12.4. The minimum atomic E-state index is -3.37. The smallest absolute Gasteiger partial charge is 0.160 e. The fourth-order valence-corrected chi connectivity index (χ4v) is 4.27. The third-order valence-electron chi connectivity index (χ3n) is 3.32. The summed E-state index contributed by atoms with van der Waals surface area (Å²) in [5, 5.41) is 8.13. The van der Waals surface area contributed by atoms with E-state index in [1.165, 1.54) is 0 Å². The lowest BCUT2D eigenvalue weighted by Gasteiger charge is -2.17. The van der Waals surface area contributed by atoms with Crippen molar-refractivity contribution in [1.29, 1.82) is 5.26 Å². The molecule has 1 heterocycles. The molecule has 1 aliphatic rings. The standard InChI is InChI=1S/C14H17NO3S/c15-9-8-14(12-5-2-1-3-6-12)19(16,17)11-13-7-4-10-18-13/h1-3,5-6,13-14H,4,7-8,10-11H2. The summed E-state index contributed by atoms with van der Waals surface area (Å²) in [6.45, 7) is 0.633. The van der Waals surface area contributed by atoms with Crippen LogP contribution in [0.2, 0.25) is 0 Å². The van der Waals surface area contributed by atoms with Crippen LogP contribution in [0.15, 0.2) is 30.3 Å². The largest absolute Gasteiger partial charge is 0.377 e. The van der Waals surface area contributed by atoms with Crippen LogP contribution in [-0.4, -0.2) is 26.9 Å². The lowest BCUT2D eigenvalue weighted by Crippen LogP contribution is -2.25. The van der Waals surface area contributed by atoms with E-state index in [4.69, 9.17) is 10.00 Å². The van der Waals surface area contributed by atoms with Crippen LogP contribution >= 0.6 is 0 Å². The number of sulfone groups is 1. The van der Waals surface area contributed by atoms with Gasteiger partial charge in [0.15, 0.2) is 9.84 Å². The first-order chi connectivity index (χ1) is 9.13. The van der Waals surface area contributed by atoms with Gasteiger partial charge in [-0.15, -0.1) is 0 Å². The lowest BCUT2D eigenvalue weighted by molar-refractivity contribution is 0.127. The molecule has 1 saturated heterocycles. The minimum absolute atomic E-state index is 0.00818. The van der Waals surface area contributed by atoms with Gasteiger partial charge >= 0.3 is 0 Å². The zero-order valence-corrected chi connectivity index (χ0v) is 11.5. The minimum Gasteiger partial charge on any atom is -0.377 e. The molecule has 1 aliphatic heterocycles. The van der Waals surface area contributed by atoms with Crippen LogP contribution in [0.4, 0.5) is 0 Å². The predicted molar refractivity (Wildman–Crippen MR) is 72.2 cm³/mol. The average molecular weight is 279 g/mol. The van der Waals surface area contributed by atoms with E-state index in [9.17, 15) is 8.42 Å². The molecule has 19 heavy (non-hydrogen) atoms. The molecule has 2 rings (SSSR count). The second-order valence-electron chi connectivity index (χ2n) is 4.73. The van der Waals surface area contributed by atoms with Crippen molar-refractivity contribution in [3.05, 3.63) is 35.9 Å². The van der Waals surface area contributed by atoms with E-state index in [0.717, 1.165) is 12.8 Å². The summed E-state index contributed by atoms with van der Waals surface area (Å²) in [5.74, 6) is 0.00818. The van der Waals surface area contributed by atoms with Gasteiger partial charge in [-0.05, 0) is 18.4 Å². The van der Waals surface area contributed by atoms with Crippen molar-refractivity contribution in [1.82, 2.24) is 0 Å². The highest BCUT2D eigenvalue weighted by atomic mass is 32.2. The molecule has 0 radical (unpaired) electrons. The Bertz CT molecular complexity index is 542. The van der Waals surface area contributed by atoms with E-state index in [1.54, 1.807) is 24.3 Å². The molecule has 0 saturated carbocycles. The molecule has 2 atom stereocenters. The molecule has 1 aromatic rings. The van der Waals surface area contributed by atoms with E-state index >= 15 is 0 Å². The number of hydrogen-bond acceptors (Lipinski definition) is 4. The zero-order chi connectivity index (χ0) is 13.7. The second kappa shape index (κ2) is 6.18. The molecular weight excluding hydrogens is 262 g/mol. The summed E-state index contributed by atoms with van der Waals surface area (Å²) in [4.78, 5) is 0. The molecule has 0 bridgehead atoms. The van der Waals surface area contributed by atoms with Crippen LogP contribution < -0.4 is 0 Å². The van der Waals surface area contributed by atoms with Crippen LogP contribution in [0.25, 0.3) is 0 Å². The van der Waals surface area contributed by atoms with Crippen LogP contribution in [-0.2, 0) is 14.6 Å². The Morgan fingerprint density at radius 1 is 1.37 bits per heavy atom. The molecule has 4 nitrogen and oxygen atoms in total. The molecule has 0 amide bonds. The van der Waals surface area contributed by atoms with Crippen molar-refractivity contribution >= 4 is 9.84 Å².